The molecular formula is C9H13BO2. The zero-order valence-electron chi connectivity index (χ0n) is 7.29. The van der Waals surface area contributed by atoms with Crippen molar-refractivity contribution in [2.24, 2.45) is 0 Å². The first-order chi connectivity index (χ1) is 5.86. The fraction of sp³-hybridized carbons (Fsp3) is 0.333. The fourth-order valence-corrected chi connectivity index (χ4v) is 1.12. The van der Waals surface area contributed by atoms with Crippen molar-refractivity contribution < 1.29 is 9.68 Å². The van der Waals surface area contributed by atoms with Gasteiger partial charge in [0.15, 0.2) is 0 Å². The molecule has 12 heavy (non-hydrogen) atoms. The smallest absolute Gasteiger partial charge is 0.504 e. The highest BCUT2D eigenvalue weighted by Gasteiger charge is 1.93. The van der Waals surface area contributed by atoms with Gasteiger partial charge in [-0.3, -0.25) is 0 Å². The first kappa shape index (κ1) is 9.14. The van der Waals surface area contributed by atoms with Crippen molar-refractivity contribution >= 4 is 7.69 Å². The molecule has 0 heterocycles. The average Bonchev–Trinajstić information content (AvgIpc) is 2.09. The van der Waals surface area contributed by atoms with Crippen LogP contribution in [0.5, 0.6) is 5.75 Å². The van der Waals surface area contributed by atoms with Gasteiger partial charge in [-0.25, -0.2) is 0 Å². The Bertz CT molecular complexity index is 195. The van der Waals surface area contributed by atoms with Crippen LogP contribution < -0.4 is 4.65 Å². The van der Waals surface area contributed by atoms with Crippen LogP contribution in [0, 0.1) is 0 Å². The van der Waals surface area contributed by atoms with E-state index >= 15 is 0 Å². The monoisotopic (exact) mass is 164 g/mol. The first-order valence-electron chi connectivity index (χ1n) is 4.19. The third-order valence-electron chi connectivity index (χ3n) is 1.69. The minimum Gasteiger partial charge on any atom is -0.539 e. The largest absolute Gasteiger partial charge is 0.539 e. The molecule has 0 aliphatic carbocycles. The van der Waals surface area contributed by atoms with Crippen molar-refractivity contribution in [3.63, 3.8) is 0 Å². The summed E-state index contributed by atoms with van der Waals surface area (Å²) in [7, 11) is -0.257. The van der Waals surface area contributed by atoms with E-state index in [-0.39, 0.29) is 7.69 Å². The Morgan fingerprint density at radius 1 is 1.33 bits per heavy atom. The molecule has 64 valence electrons. The van der Waals surface area contributed by atoms with Crippen LogP contribution in [0.2, 0.25) is 0 Å². The lowest BCUT2D eigenvalue weighted by molar-refractivity contribution is 0.453. The van der Waals surface area contributed by atoms with E-state index in [1.807, 2.05) is 24.3 Å². The molecule has 1 aromatic rings. The van der Waals surface area contributed by atoms with Crippen molar-refractivity contribution in [3.8, 4) is 5.75 Å². The maximum Gasteiger partial charge on any atom is 0.504 e. The molecule has 0 aliphatic rings. The Hall–Kier alpha value is -0.955. The summed E-state index contributed by atoms with van der Waals surface area (Å²) in [6.45, 7) is 2.15. The first-order valence-corrected chi connectivity index (χ1v) is 4.19. The predicted molar refractivity (Wildman–Crippen MR) is 50.4 cm³/mol. The molecule has 3 heteroatoms. The van der Waals surface area contributed by atoms with E-state index in [0.717, 1.165) is 18.6 Å². The molecule has 0 saturated heterocycles. The summed E-state index contributed by atoms with van der Waals surface area (Å²) >= 11 is 0. The van der Waals surface area contributed by atoms with Crippen LogP contribution in [0.25, 0.3) is 0 Å². The number of hydrogen-bond donors (Lipinski definition) is 1. The van der Waals surface area contributed by atoms with Gasteiger partial charge in [-0.15, -0.1) is 0 Å². The van der Waals surface area contributed by atoms with Gasteiger partial charge in [-0.1, -0.05) is 25.5 Å². The van der Waals surface area contributed by atoms with Gasteiger partial charge in [0.25, 0.3) is 0 Å². The van der Waals surface area contributed by atoms with Crippen molar-refractivity contribution in [1.29, 1.82) is 0 Å². The molecule has 0 radical (unpaired) electrons. The number of benzene rings is 1. The standard InChI is InChI=1S/C9H13BO2/c1-2-3-8-4-6-9(7-5-8)12-10-11/h4-7,10-11H,2-3H2,1H3. The number of aryl methyl sites for hydroxylation is 1. The molecule has 0 aromatic heterocycles. The highest BCUT2D eigenvalue weighted by Crippen LogP contribution is 2.12. The normalized spacial score (nSPS) is 9.50. The second-order valence-corrected chi connectivity index (χ2v) is 2.67. The lowest BCUT2D eigenvalue weighted by Gasteiger charge is -2.02. The zero-order chi connectivity index (χ0) is 8.81. The van der Waals surface area contributed by atoms with Crippen molar-refractivity contribution in [3.05, 3.63) is 29.8 Å². The van der Waals surface area contributed by atoms with Crippen LogP contribution in [0.3, 0.4) is 0 Å². The Morgan fingerprint density at radius 3 is 2.50 bits per heavy atom. The maximum absolute atomic E-state index is 8.47. The molecule has 2 nitrogen and oxygen atoms in total. The van der Waals surface area contributed by atoms with Crippen molar-refractivity contribution in [2.45, 2.75) is 19.8 Å². The zero-order valence-corrected chi connectivity index (χ0v) is 7.29. The second-order valence-electron chi connectivity index (χ2n) is 2.67. The van der Waals surface area contributed by atoms with Gasteiger partial charge in [-0.05, 0) is 24.1 Å². The quantitative estimate of drug-likeness (QED) is 0.679. The lowest BCUT2D eigenvalue weighted by Crippen LogP contribution is -1.99. The van der Waals surface area contributed by atoms with E-state index in [0.29, 0.717) is 0 Å². The SMILES string of the molecule is CCCc1ccc(OBO)cc1. The summed E-state index contributed by atoms with van der Waals surface area (Å²) in [5, 5.41) is 8.47. The summed E-state index contributed by atoms with van der Waals surface area (Å²) in [4.78, 5) is 0. The molecule has 0 unspecified atom stereocenters. The van der Waals surface area contributed by atoms with Crippen molar-refractivity contribution in [2.75, 3.05) is 0 Å². The summed E-state index contributed by atoms with van der Waals surface area (Å²) in [6.07, 6.45) is 2.25. The summed E-state index contributed by atoms with van der Waals surface area (Å²) in [6, 6.07) is 7.80. The number of hydrogen-bond acceptors (Lipinski definition) is 2. The fourth-order valence-electron chi connectivity index (χ4n) is 1.12. The highest BCUT2D eigenvalue weighted by molar-refractivity contribution is 6.17. The molecule has 0 fully saturated rings. The van der Waals surface area contributed by atoms with Gasteiger partial charge in [0, 0.05) is 0 Å². The molecule has 1 rings (SSSR count). The van der Waals surface area contributed by atoms with Gasteiger partial charge in [0.1, 0.15) is 5.75 Å². The minimum atomic E-state index is -0.257. The Kier molecular flexibility index (Phi) is 3.68. The van der Waals surface area contributed by atoms with E-state index in [2.05, 4.69) is 6.92 Å². The molecular weight excluding hydrogens is 151 g/mol. The van der Waals surface area contributed by atoms with Gasteiger partial charge < -0.3 is 9.68 Å². The molecule has 0 atom stereocenters. The van der Waals surface area contributed by atoms with Gasteiger partial charge >= 0.3 is 7.69 Å². The van der Waals surface area contributed by atoms with Crippen LogP contribution in [0.1, 0.15) is 18.9 Å². The third-order valence-corrected chi connectivity index (χ3v) is 1.69. The Labute approximate surface area is 73.5 Å². The summed E-state index contributed by atoms with van der Waals surface area (Å²) < 4.78 is 4.89. The van der Waals surface area contributed by atoms with Gasteiger partial charge in [0.2, 0.25) is 0 Å². The molecule has 0 amide bonds. The lowest BCUT2D eigenvalue weighted by atomic mass is 10.1. The van der Waals surface area contributed by atoms with Crippen LogP contribution >= 0.6 is 0 Å². The summed E-state index contributed by atoms with van der Waals surface area (Å²) in [5.74, 6) is 0.720. The minimum absolute atomic E-state index is 0.257. The van der Waals surface area contributed by atoms with Gasteiger partial charge in [-0.2, -0.15) is 0 Å². The Balaban J connectivity index is 2.58. The van der Waals surface area contributed by atoms with Crippen LogP contribution in [0.4, 0.5) is 0 Å². The Morgan fingerprint density at radius 2 is 2.00 bits per heavy atom. The highest BCUT2D eigenvalue weighted by atomic mass is 16.5. The topological polar surface area (TPSA) is 29.5 Å². The van der Waals surface area contributed by atoms with Gasteiger partial charge in [0.05, 0.1) is 0 Å². The van der Waals surface area contributed by atoms with Crippen LogP contribution in [-0.4, -0.2) is 12.7 Å². The van der Waals surface area contributed by atoms with E-state index in [4.69, 9.17) is 9.68 Å². The third kappa shape index (κ3) is 2.59. The van der Waals surface area contributed by atoms with E-state index in [1.54, 1.807) is 0 Å². The molecule has 0 bridgehead atoms. The van der Waals surface area contributed by atoms with Crippen molar-refractivity contribution in [1.82, 2.24) is 0 Å². The second kappa shape index (κ2) is 4.83. The van der Waals surface area contributed by atoms with E-state index in [9.17, 15) is 0 Å². The molecule has 1 N–H and O–H groups in total. The molecule has 0 spiro atoms. The molecule has 1 aromatic carbocycles. The van der Waals surface area contributed by atoms with E-state index in [1.165, 1.54) is 5.56 Å². The predicted octanol–water partition coefficient (Wildman–Crippen LogP) is 1.28. The van der Waals surface area contributed by atoms with E-state index < -0.39 is 0 Å². The number of rotatable bonds is 4. The van der Waals surface area contributed by atoms with Crippen LogP contribution in [0.15, 0.2) is 24.3 Å². The van der Waals surface area contributed by atoms with Crippen LogP contribution in [-0.2, 0) is 6.42 Å². The maximum atomic E-state index is 8.47. The molecule has 0 aliphatic heterocycles. The summed E-state index contributed by atoms with van der Waals surface area (Å²) in [5.41, 5.74) is 1.31. The average molecular weight is 164 g/mol. The molecule has 0 saturated carbocycles.